The van der Waals surface area contributed by atoms with Crippen LogP contribution in [0.5, 0.6) is 0 Å². The van der Waals surface area contributed by atoms with E-state index in [0.717, 1.165) is 49.7 Å². The predicted octanol–water partition coefficient (Wildman–Crippen LogP) is 7.59. The summed E-state index contributed by atoms with van der Waals surface area (Å²) in [6.07, 6.45) is 8.15. The Bertz CT molecular complexity index is 1460. The first-order valence-corrected chi connectivity index (χ1v) is 14.3. The summed E-state index contributed by atoms with van der Waals surface area (Å²) in [5.74, 6) is 1.24. The number of hydrogen-bond acceptors (Lipinski definition) is 8. The molecule has 1 aliphatic rings. The number of hydrogen-bond donors (Lipinski definition) is 2. The minimum absolute atomic E-state index is 0.371. The molecule has 7 nitrogen and oxygen atoms in total. The van der Waals surface area contributed by atoms with Gasteiger partial charge in [-0.05, 0) is 36.4 Å². The lowest BCUT2D eigenvalue weighted by molar-refractivity contribution is 0.461. The van der Waals surface area contributed by atoms with E-state index >= 15 is 0 Å². The van der Waals surface area contributed by atoms with Gasteiger partial charge in [-0.3, -0.25) is 0 Å². The molecule has 0 unspecified atom stereocenters. The van der Waals surface area contributed by atoms with Crippen LogP contribution in [0, 0.1) is 0 Å². The fourth-order valence-electron chi connectivity index (χ4n) is 4.66. The van der Waals surface area contributed by atoms with Gasteiger partial charge in [0.2, 0.25) is 0 Å². The van der Waals surface area contributed by atoms with Gasteiger partial charge in [-0.1, -0.05) is 56.6 Å². The number of imidazole rings is 1. The van der Waals surface area contributed by atoms with Gasteiger partial charge in [-0.2, -0.15) is 11.3 Å². The van der Waals surface area contributed by atoms with Crippen molar-refractivity contribution in [3.63, 3.8) is 0 Å². The maximum Gasteiger partial charge on any atom is 0.178 e. The minimum Gasteiger partial charge on any atom is -0.366 e. The third-order valence-electron chi connectivity index (χ3n) is 6.56. The zero-order chi connectivity index (χ0) is 24.5. The molecule has 1 aromatic carbocycles. The highest BCUT2D eigenvalue weighted by Gasteiger charge is 2.18. The van der Waals surface area contributed by atoms with Gasteiger partial charge in [-0.15, -0.1) is 15.3 Å². The molecule has 0 aliphatic heterocycles. The standard InChI is InChI=1S/C27H29N7S2/c1-17(2)26-31-32-27(36-26)18-7-6-10-21(13-18)29-22-14-24(30-20-8-4-3-5-9-20)33-34-23(15-28-25(22)34)19-11-12-35-16-19/h6-7,10-17,20,29H,3-5,8-9H2,1-2H3,(H,30,33). The average molecular weight is 516 g/mol. The molecule has 1 saturated carbocycles. The predicted molar refractivity (Wildman–Crippen MR) is 150 cm³/mol. The normalized spacial score (nSPS) is 14.5. The molecule has 36 heavy (non-hydrogen) atoms. The summed E-state index contributed by atoms with van der Waals surface area (Å²) in [5, 5.41) is 27.3. The fraction of sp³-hybridized carbons (Fsp3) is 0.333. The van der Waals surface area contributed by atoms with E-state index in [4.69, 9.17) is 10.1 Å². The van der Waals surface area contributed by atoms with Gasteiger partial charge in [-0.25, -0.2) is 9.50 Å². The molecule has 0 saturated heterocycles. The van der Waals surface area contributed by atoms with Crippen molar-refractivity contribution in [2.45, 2.75) is 57.9 Å². The van der Waals surface area contributed by atoms with Gasteiger partial charge < -0.3 is 10.6 Å². The molecule has 0 radical (unpaired) electrons. The molecule has 0 bridgehead atoms. The number of fused-ring (bicyclic) bond motifs is 1. The Morgan fingerprint density at radius 1 is 1.03 bits per heavy atom. The number of benzene rings is 1. The van der Waals surface area contributed by atoms with Crippen molar-refractivity contribution in [3.05, 3.63) is 58.4 Å². The molecule has 6 rings (SSSR count). The number of anilines is 3. The van der Waals surface area contributed by atoms with E-state index in [1.165, 1.54) is 32.1 Å². The highest BCUT2D eigenvalue weighted by molar-refractivity contribution is 7.14. The van der Waals surface area contributed by atoms with Crippen LogP contribution in [0.15, 0.2) is 53.4 Å². The van der Waals surface area contributed by atoms with Crippen molar-refractivity contribution >= 4 is 45.5 Å². The highest BCUT2D eigenvalue weighted by atomic mass is 32.1. The van der Waals surface area contributed by atoms with E-state index in [1.54, 1.807) is 22.7 Å². The second-order valence-corrected chi connectivity index (χ2v) is 11.4. The first-order valence-electron chi connectivity index (χ1n) is 12.5. The Balaban J connectivity index is 1.37. The lowest BCUT2D eigenvalue weighted by Crippen LogP contribution is -2.23. The molecule has 0 spiro atoms. The summed E-state index contributed by atoms with van der Waals surface area (Å²) in [4.78, 5) is 4.76. The summed E-state index contributed by atoms with van der Waals surface area (Å²) in [7, 11) is 0. The van der Waals surface area contributed by atoms with E-state index in [0.29, 0.717) is 12.0 Å². The van der Waals surface area contributed by atoms with Crippen molar-refractivity contribution in [1.29, 1.82) is 0 Å². The van der Waals surface area contributed by atoms with E-state index in [2.05, 4.69) is 81.8 Å². The van der Waals surface area contributed by atoms with E-state index in [9.17, 15) is 0 Å². The van der Waals surface area contributed by atoms with Gasteiger partial charge in [0.25, 0.3) is 0 Å². The fourth-order valence-corrected chi connectivity index (χ4v) is 6.16. The second kappa shape index (κ2) is 9.99. The van der Waals surface area contributed by atoms with Crippen LogP contribution in [0.25, 0.3) is 27.5 Å². The number of thiophene rings is 1. The Morgan fingerprint density at radius 2 is 1.92 bits per heavy atom. The quantitative estimate of drug-likeness (QED) is 0.232. The molecule has 9 heteroatoms. The van der Waals surface area contributed by atoms with Crippen LogP contribution in [-0.4, -0.2) is 30.8 Å². The molecule has 184 valence electrons. The van der Waals surface area contributed by atoms with Crippen molar-refractivity contribution in [1.82, 2.24) is 24.8 Å². The van der Waals surface area contributed by atoms with Gasteiger partial charge >= 0.3 is 0 Å². The summed E-state index contributed by atoms with van der Waals surface area (Å²) in [6.45, 7) is 4.29. The van der Waals surface area contributed by atoms with Crippen molar-refractivity contribution in [2.24, 2.45) is 0 Å². The molecule has 1 aliphatic carbocycles. The van der Waals surface area contributed by atoms with Gasteiger partial charge in [0, 0.05) is 40.2 Å². The van der Waals surface area contributed by atoms with Crippen LogP contribution in [-0.2, 0) is 0 Å². The molecule has 4 heterocycles. The highest BCUT2D eigenvalue weighted by Crippen LogP contribution is 2.33. The number of nitrogens with zero attached hydrogens (tertiary/aromatic N) is 5. The molecular weight excluding hydrogens is 486 g/mol. The topological polar surface area (TPSA) is 80.0 Å². The average Bonchev–Trinajstić information content (AvgIpc) is 3.65. The van der Waals surface area contributed by atoms with Crippen molar-refractivity contribution in [3.8, 4) is 21.8 Å². The van der Waals surface area contributed by atoms with E-state index in [1.807, 2.05) is 10.7 Å². The maximum absolute atomic E-state index is 4.96. The van der Waals surface area contributed by atoms with E-state index in [-0.39, 0.29) is 0 Å². The Morgan fingerprint density at radius 3 is 2.69 bits per heavy atom. The Kier molecular flexibility index (Phi) is 6.41. The summed E-state index contributed by atoms with van der Waals surface area (Å²) >= 11 is 3.33. The Labute approximate surface area is 218 Å². The van der Waals surface area contributed by atoms with Gasteiger partial charge in [0.05, 0.1) is 17.6 Å². The van der Waals surface area contributed by atoms with Gasteiger partial charge in [0.1, 0.15) is 15.8 Å². The maximum atomic E-state index is 4.96. The van der Waals surface area contributed by atoms with Crippen molar-refractivity contribution in [2.75, 3.05) is 10.6 Å². The van der Waals surface area contributed by atoms with Crippen LogP contribution in [0.4, 0.5) is 17.2 Å². The van der Waals surface area contributed by atoms with E-state index < -0.39 is 0 Å². The Hall–Kier alpha value is -3.30. The largest absolute Gasteiger partial charge is 0.366 e. The molecule has 0 atom stereocenters. The number of rotatable bonds is 7. The van der Waals surface area contributed by atoms with Crippen LogP contribution >= 0.6 is 22.7 Å². The minimum atomic E-state index is 0.371. The third kappa shape index (κ3) is 4.73. The molecule has 2 N–H and O–H groups in total. The van der Waals surface area contributed by atoms with Crippen LogP contribution < -0.4 is 10.6 Å². The molecule has 5 aromatic rings. The first-order chi connectivity index (χ1) is 17.6. The lowest BCUT2D eigenvalue weighted by Gasteiger charge is -2.23. The lowest BCUT2D eigenvalue weighted by atomic mass is 9.95. The summed E-state index contributed by atoms with van der Waals surface area (Å²) in [6, 6.07) is 13.0. The molecule has 0 amide bonds. The summed E-state index contributed by atoms with van der Waals surface area (Å²) in [5.41, 5.74) is 5.87. The zero-order valence-electron chi connectivity index (χ0n) is 20.4. The SMILES string of the molecule is CC(C)c1nnc(-c2cccc(Nc3cc(NC4CCCCC4)nn4c(-c5ccsc5)cnc34)c2)s1. The van der Waals surface area contributed by atoms with Crippen LogP contribution in [0.1, 0.15) is 56.9 Å². The number of aromatic nitrogens is 5. The van der Waals surface area contributed by atoms with Crippen LogP contribution in [0.2, 0.25) is 0 Å². The molecule has 4 aromatic heterocycles. The van der Waals surface area contributed by atoms with Gasteiger partial charge in [0.15, 0.2) is 5.65 Å². The van der Waals surface area contributed by atoms with Crippen molar-refractivity contribution < 1.29 is 0 Å². The smallest absolute Gasteiger partial charge is 0.178 e. The second-order valence-electron chi connectivity index (χ2n) is 9.62. The molecule has 1 fully saturated rings. The first kappa shape index (κ1) is 23.1. The monoisotopic (exact) mass is 515 g/mol. The molecular formula is C27H29N7S2. The third-order valence-corrected chi connectivity index (χ3v) is 8.52. The number of nitrogens with one attached hydrogen (secondary N) is 2. The zero-order valence-corrected chi connectivity index (χ0v) is 22.1. The summed E-state index contributed by atoms with van der Waals surface area (Å²) < 4.78 is 1.96. The van der Waals surface area contributed by atoms with Crippen LogP contribution in [0.3, 0.4) is 0 Å².